The monoisotopic (exact) mass is 510 g/mol. The van der Waals surface area contributed by atoms with E-state index in [2.05, 4.69) is 48.2 Å². The Kier molecular flexibility index (Phi) is 6.40. The fraction of sp³-hybridized carbons (Fsp3) is 0.267. The lowest BCUT2D eigenvalue weighted by Gasteiger charge is -2.34. The number of hydrogen-bond donors (Lipinski definition) is 0. The van der Waals surface area contributed by atoms with E-state index in [4.69, 9.17) is 9.84 Å². The van der Waals surface area contributed by atoms with Crippen LogP contribution in [0.1, 0.15) is 20.9 Å². The summed E-state index contributed by atoms with van der Waals surface area (Å²) in [6.07, 6.45) is 0. The van der Waals surface area contributed by atoms with E-state index in [1.165, 1.54) is 22.3 Å². The second-order valence-corrected chi connectivity index (χ2v) is 10.7. The Morgan fingerprint density at radius 3 is 2.54 bits per heavy atom. The van der Waals surface area contributed by atoms with E-state index in [0.717, 1.165) is 70.3 Å². The number of ether oxygens (including phenoxy) is 1. The van der Waals surface area contributed by atoms with Gasteiger partial charge in [0.15, 0.2) is 0 Å². The molecule has 2 aromatic heterocycles. The van der Waals surface area contributed by atoms with Gasteiger partial charge in [-0.3, -0.25) is 9.69 Å². The molecule has 0 N–H and O–H groups in total. The molecule has 1 aliphatic rings. The first-order valence-electron chi connectivity index (χ1n) is 12.8. The van der Waals surface area contributed by atoms with Crippen molar-refractivity contribution in [3.63, 3.8) is 0 Å². The molecule has 0 unspecified atom stereocenters. The van der Waals surface area contributed by atoms with Gasteiger partial charge < -0.3 is 9.64 Å². The number of piperazine rings is 1. The van der Waals surface area contributed by atoms with Gasteiger partial charge in [-0.05, 0) is 49.1 Å². The van der Waals surface area contributed by atoms with Crippen LogP contribution in [0.15, 0.2) is 72.8 Å². The Morgan fingerprint density at radius 1 is 0.919 bits per heavy atom. The van der Waals surface area contributed by atoms with Crippen LogP contribution in [0, 0.1) is 13.8 Å². The molecule has 6 rings (SSSR count). The van der Waals surface area contributed by atoms with Crippen LogP contribution in [0.25, 0.3) is 26.7 Å². The quantitative estimate of drug-likeness (QED) is 0.294. The summed E-state index contributed by atoms with van der Waals surface area (Å²) >= 11 is 1.54. The zero-order chi connectivity index (χ0) is 25.4. The van der Waals surface area contributed by atoms with Crippen molar-refractivity contribution in [2.45, 2.75) is 13.8 Å². The zero-order valence-electron chi connectivity index (χ0n) is 21.2. The molecule has 0 spiro atoms. The van der Waals surface area contributed by atoms with Crippen molar-refractivity contribution >= 4 is 38.2 Å². The van der Waals surface area contributed by atoms with E-state index >= 15 is 0 Å². The molecule has 1 saturated heterocycles. The summed E-state index contributed by atoms with van der Waals surface area (Å²) in [6, 6.07) is 24.8. The molecule has 0 bridgehead atoms. The summed E-state index contributed by atoms with van der Waals surface area (Å²) in [6.45, 7) is 8.73. The molecule has 1 amide bonds. The molecular formula is C30H30N4O2S. The number of rotatable bonds is 6. The minimum absolute atomic E-state index is 0.114. The number of carbonyl (C=O) groups excluding carboxylic acids is 1. The Bertz CT molecular complexity index is 1570. The average molecular weight is 511 g/mol. The molecule has 1 aliphatic heterocycles. The lowest BCUT2D eigenvalue weighted by Crippen LogP contribution is -2.49. The van der Waals surface area contributed by atoms with Crippen LogP contribution in [-0.2, 0) is 0 Å². The SMILES string of the molecule is Cc1cccc(-n2nc(C)c3cc(C(=O)N4CCN(CCOc5cccc6ccccc56)CC4)sc32)c1. The van der Waals surface area contributed by atoms with E-state index in [9.17, 15) is 4.79 Å². The van der Waals surface area contributed by atoms with E-state index < -0.39 is 0 Å². The lowest BCUT2D eigenvalue weighted by atomic mass is 10.1. The van der Waals surface area contributed by atoms with Crippen molar-refractivity contribution in [1.29, 1.82) is 0 Å². The highest BCUT2D eigenvalue weighted by Crippen LogP contribution is 2.31. The van der Waals surface area contributed by atoms with Crippen molar-refractivity contribution in [3.8, 4) is 11.4 Å². The van der Waals surface area contributed by atoms with Crippen molar-refractivity contribution in [3.05, 3.63) is 88.9 Å². The third-order valence-electron chi connectivity index (χ3n) is 7.08. The molecular weight excluding hydrogens is 480 g/mol. The van der Waals surface area contributed by atoms with Gasteiger partial charge in [-0.1, -0.05) is 48.5 Å². The molecule has 0 saturated carbocycles. The smallest absolute Gasteiger partial charge is 0.264 e. The minimum Gasteiger partial charge on any atom is -0.492 e. The number of fused-ring (bicyclic) bond motifs is 2. The van der Waals surface area contributed by atoms with Crippen LogP contribution in [0.4, 0.5) is 0 Å². The maximum absolute atomic E-state index is 13.4. The third kappa shape index (κ3) is 4.72. The van der Waals surface area contributed by atoms with Gasteiger partial charge in [0.1, 0.15) is 17.2 Å². The number of benzene rings is 3. The molecule has 5 aromatic rings. The summed E-state index contributed by atoms with van der Waals surface area (Å²) in [5, 5.41) is 8.12. The molecule has 3 aromatic carbocycles. The number of hydrogen-bond acceptors (Lipinski definition) is 5. The van der Waals surface area contributed by atoms with Gasteiger partial charge in [0.05, 0.1) is 16.3 Å². The maximum Gasteiger partial charge on any atom is 0.264 e. The van der Waals surface area contributed by atoms with E-state index in [1.54, 1.807) is 0 Å². The van der Waals surface area contributed by atoms with Crippen LogP contribution in [0.2, 0.25) is 0 Å². The topological polar surface area (TPSA) is 50.6 Å². The van der Waals surface area contributed by atoms with Crippen molar-refractivity contribution in [2.24, 2.45) is 0 Å². The molecule has 3 heterocycles. The van der Waals surface area contributed by atoms with E-state index in [0.29, 0.717) is 6.61 Å². The number of thiophene rings is 1. The van der Waals surface area contributed by atoms with Gasteiger partial charge in [0.2, 0.25) is 0 Å². The fourth-order valence-electron chi connectivity index (χ4n) is 5.02. The van der Waals surface area contributed by atoms with Crippen LogP contribution >= 0.6 is 11.3 Å². The highest BCUT2D eigenvalue weighted by atomic mass is 32.1. The van der Waals surface area contributed by atoms with Gasteiger partial charge in [-0.25, -0.2) is 4.68 Å². The number of aryl methyl sites for hydroxylation is 2. The van der Waals surface area contributed by atoms with Gasteiger partial charge >= 0.3 is 0 Å². The normalized spacial score (nSPS) is 14.5. The number of carbonyl (C=O) groups is 1. The number of aromatic nitrogens is 2. The highest BCUT2D eigenvalue weighted by Gasteiger charge is 2.25. The van der Waals surface area contributed by atoms with Crippen LogP contribution in [-0.4, -0.2) is 64.8 Å². The van der Waals surface area contributed by atoms with Gasteiger partial charge in [-0.2, -0.15) is 5.10 Å². The zero-order valence-corrected chi connectivity index (χ0v) is 22.0. The first kappa shape index (κ1) is 23.7. The van der Waals surface area contributed by atoms with E-state index in [1.807, 2.05) is 52.9 Å². The van der Waals surface area contributed by atoms with E-state index in [-0.39, 0.29) is 5.91 Å². The molecule has 37 heavy (non-hydrogen) atoms. The molecule has 0 atom stereocenters. The highest BCUT2D eigenvalue weighted by molar-refractivity contribution is 7.20. The summed E-state index contributed by atoms with van der Waals surface area (Å²) < 4.78 is 8.09. The predicted molar refractivity (Wildman–Crippen MR) is 150 cm³/mol. The molecule has 1 fully saturated rings. The average Bonchev–Trinajstić information content (AvgIpc) is 3.49. The number of nitrogens with zero attached hydrogens (tertiary/aromatic N) is 4. The third-order valence-corrected chi connectivity index (χ3v) is 8.17. The Balaban J connectivity index is 1.08. The Labute approximate surface area is 220 Å². The standard InChI is InChI=1S/C30H30N4O2S/c1-21-7-5-10-24(19-21)34-30-26(22(2)31-34)20-28(37-30)29(35)33-15-13-32(14-16-33)17-18-36-27-12-6-9-23-8-3-4-11-25(23)27/h3-12,19-20H,13-18H2,1-2H3. The molecule has 188 valence electrons. The minimum atomic E-state index is 0.114. The van der Waals surface area contributed by atoms with Gasteiger partial charge in [0, 0.05) is 43.5 Å². The number of amides is 1. The predicted octanol–water partition coefficient (Wildman–Crippen LogP) is 5.69. The fourth-order valence-corrected chi connectivity index (χ4v) is 6.17. The van der Waals surface area contributed by atoms with Crippen LogP contribution < -0.4 is 4.74 Å². The second-order valence-electron chi connectivity index (χ2n) is 9.63. The first-order valence-corrected chi connectivity index (χ1v) is 13.6. The van der Waals surface area contributed by atoms with Crippen molar-refractivity contribution in [2.75, 3.05) is 39.3 Å². The lowest BCUT2D eigenvalue weighted by molar-refractivity contribution is 0.0625. The first-order chi connectivity index (χ1) is 18.1. The summed E-state index contributed by atoms with van der Waals surface area (Å²) in [5.41, 5.74) is 3.16. The molecule has 0 aliphatic carbocycles. The summed E-state index contributed by atoms with van der Waals surface area (Å²) in [5.74, 6) is 1.04. The van der Waals surface area contributed by atoms with Gasteiger partial charge in [0.25, 0.3) is 5.91 Å². The van der Waals surface area contributed by atoms with Crippen molar-refractivity contribution < 1.29 is 9.53 Å². The summed E-state index contributed by atoms with van der Waals surface area (Å²) in [4.78, 5) is 19.5. The Morgan fingerprint density at radius 2 is 1.70 bits per heavy atom. The van der Waals surface area contributed by atoms with Gasteiger partial charge in [-0.15, -0.1) is 11.3 Å². The second kappa shape index (κ2) is 10.00. The molecule has 0 radical (unpaired) electrons. The van der Waals surface area contributed by atoms with Crippen molar-refractivity contribution in [1.82, 2.24) is 19.6 Å². The molecule has 6 nitrogen and oxygen atoms in total. The Hall–Kier alpha value is -3.68. The van der Waals surface area contributed by atoms with Crippen LogP contribution in [0.3, 0.4) is 0 Å². The summed E-state index contributed by atoms with van der Waals surface area (Å²) in [7, 11) is 0. The van der Waals surface area contributed by atoms with Crippen LogP contribution in [0.5, 0.6) is 5.75 Å². The maximum atomic E-state index is 13.4. The largest absolute Gasteiger partial charge is 0.492 e. The molecule has 7 heteroatoms.